The van der Waals surface area contributed by atoms with Crippen LogP contribution in [0.5, 0.6) is 5.75 Å². The van der Waals surface area contributed by atoms with E-state index in [0.717, 1.165) is 27.6 Å². The van der Waals surface area contributed by atoms with Crippen LogP contribution in [0.2, 0.25) is 0 Å². The van der Waals surface area contributed by atoms with Crippen molar-refractivity contribution in [2.45, 2.75) is 5.88 Å². The summed E-state index contributed by atoms with van der Waals surface area (Å²) >= 11 is 5.87. The predicted molar refractivity (Wildman–Crippen MR) is 70.1 cm³/mol. The fourth-order valence-corrected chi connectivity index (χ4v) is 2.05. The summed E-state index contributed by atoms with van der Waals surface area (Å²) in [6, 6.07) is 10.2. The quantitative estimate of drug-likeness (QED) is 0.720. The summed E-state index contributed by atoms with van der Waals surface area (Å²) in [7, 11) is 1.67. The van der Waals surface area contributed by atoms with Crippen molar-refractivity contribution in [1.29, 1.82) is 0 Å². The van der Waals surface area contributed by atoms with Crippen molar-refractivity contribution in [2.24, 2.45) is 0 Å². The van der Waals surface area contributed by atoms with Crippen LogP contribution in [0, 0.1) is 0 Å². The molecule has 0 spiro atoms. The third kappa shape index (κ3) is 1.79. The second-order valence-electron chi connectivity index (χ2n) is 3.58. The number of hydrogen-bond donors (Lipinski definition) is 0. The second kappa shape index (κ2) is 4.58. The molecule has 2 rings (SSSR count). The first-order chi connectivity index (χ1) is 7.80. The molecule has 0 fully saturated rings. The third-order valence-corrected chi connectivity index (χ3v) is 2.95. The molecule has 2 heteroatoms. The Kier molecular flexibility index (Phi) is 3.16. The van der Waals surface area contributed by atoms with Gasteiger partial charge in [0.15, 0.2) is 0 Å². The van der Waals surface area contributed by atoms with Crippen molar-refractivity contribution in [2.75, 3.05) is 7.11 Å². The highest BCUT2D eigenvalue weighted by Crippen LogP contribution is 2.31. The molecular formula is C14H13ClO. The molecule has 1 nitrogen and oxygen atoms in total. The number of methoxy groups -OCH3 is 1. The largest absolute Gasteiger partial charge is 0.496 e. The number of benzene rings is 2. The van der Waals surface area contributed by atoms with Crippen LogP contribution in [-0.4, -0.2) is 7.11 Å². The van der Waals surface area contributed by atoms with Gasteiger partial charge in [-0.3, -0.25) is 0 Å². The van der Waals surface area contributed by atoms with Crippen molar-refractivity contribution in [3.05, 3.63) is 48.0 Å². The Morgan fingerprint density at radius 3 is 2.75 bits per heavy atom. The fourth-order valence-electron chi connectivity index (χ4n) is 1.84. The van der Waals surface area contributed by atoms with E-state index in [1.807, 2.05) is 24.3 Å². The molecule has 0 unspecified atom stereocenters. The summed E-state index contributed by atoms with van der Waals surface area (Å²) in [5.74, 6) is 1.32. The molecule has 16 heavy (non-hydrogen) atoms. The molecule has 2 aromatic rings. The van der Waals surface area contributed by atoms with E-state index >= 15 is 0 Å². The Hall–Kier alpha value is -1.47. The molecule has 0 saturated carbocycles. The summed E-state index contributed by atoms with van der Waals surface area (Å²) in [5.41, 5.74) is 2.12. The summed E-state index contributed by atoms with van der Waals surface area (Å²) in [5, 5.41) is 2.23. The minimum atomic E-state index is 0.461. The van der Waals surface area contributed by atoms with Crippen LogP contribution in [-0.2, 0) is 5.88 Å². The van der Waals surface area contributed by atoms with Gasteiger partial charge in [-0.1, -0.05) is 36.9 Å². The zero-order chi connectivity index (χ0) is 11.5. The standard InChI is InChI=1S/C14H13ClO/c1-3-10-4-7-13-11(8-10)5-6-12(9-15)14(13)16-2/h3-8H,1,9H2,2H3. The maximum atomic E-state index is 5.87. The van der Waals surface area contributed by atoms with E-state index in [4.69, 9.17) is 16.3 Å². The van der Waals surface area contributed by atoms with Crippen LogP contribution >= 0.6 is 11.6 Å². The number of alkyl halides is 1. The monoisotopic (exact) mass is 232 g/mol. The first kappa shape index (κ1) is 11.0. The molecule has 0 aliphatic carbocycles. The lowest BCUT2D eigenvalue weighted by Gasteiger charge is -2.10. The highest BCUT2D eigenvalue weighted by atomic mass is 35.5. The van der Waals surface area contributed by atoms with Crippen LogP contribution in [0.4, 0.5) is 0 Å². The first-order valence-electron chi connectivity index (χ1n) is 5.08. The normalized spacial score (nSPS) is 10.4. The van der Waals surface area contributed by atoms with E-state index in [9.17, 15) is 0 Å². The van der Waals surface area contributed by atoms with Gasteiger partial charge in [0.1, 0.15) is 5.75 Å². The van der Waals surface area contributed by atoms with E-state index in [-0.39, 0.29) is 0 Å². The first-order valence-corrected chi connectivity index (χ1v) is 5.61. The maximum Gasteiger partial charge on any atom is 0.131 e. The van der Waals surface area contributed by atoms with Gasteiger partial charge in [0.05, 0.1) is 13.0 Å². The van der Waals surface area contributed by atoms with Crippen LogP contribution < -0.4 is 4.74 Å². The molecule has 0 heterocycles. The number of hydrogen-bond acceptors (Lipinski definition) is 1. The number of halogens is 1. The van der Waals surface area contributed by atoms with Gasteiger partial charge in [0.25, 0.3) is 0 Å². The molecule has 0 aliphatic heterocycles. The topological polar surface area (TPSA) is 9.23 Å². The average Bonchev–Trinajstić information content (AvgIpc) is 2.36. The van der Waals surface area contributed by atoms with Crippen molar-refractivity contribution >= 4 is 28.4 Å². The van der Waals surface area contributed by atoms with Crippen molar-refractivity contribution < 1.29 is 4.74 Å². The van der Waals surface area contributed by atoms with Gasteiger partial charge in [-0.2, -0.15) is 0 Å². The molecule has 0 amide bonds. The van der Waals surface area contributed by atoms with Gasteiger partial charge in [-0.05, 0) is 17.0 Å². The van der Waals surface area contributed by atoms with Crippen molar-refractivity contribution in [3.8, 4) is 5.75 Å². The zero-order valence-corrected chi connectivity index (χ0v) is 9.92. The lowest BCUT2D eigenvalue weighted by atomic mass is 10.0. The molecule has 0 N–H and O–H groups in total. The van der Waals surface area contributed by atoms with Crippen LogP contribution in [0.15, 0.2) is 36.9 Å². The second-order valence-corrected chi connectivity index (χ2v) is 3.84. The minimum absolute atomic E-state index is 0.461. The number of fused-ring (bicyclic) bond motifs is 1. The molecule has 82 valence electrons. The molecule has 0 radical (unpaired) electrons. The molecule has 0 bridgehead atoms. The van der Waals surface area contributed by atoms with Gasteiger partial charge in [-0.15, -0.1) is 11.6 Å². The zero-order valence-electron chi connectivity index (χ0n) is 9.16. The smallest absolute Gasteiger partial charge is 0.131 e. The van der Waals surface area contributed by atoms with E-state index < -0.39 is 0 Å². The van der Waals surface area contributed by atoms with E-state index in [0.29, 0.717) is 5.88 Å². The molecule has 0 aromatic heterocycles. The Morgan fingerprint density at radius 1 is 1.31 bits per heavy atom. The molecule has 0 aliphatic rings. The molecule has 2 aromatic carbocycles. The van der Waals surface area contributed by atoms with E-state index in [1.165, 1.54) is 0 Å². The number of ether oxygens (including phenoxy) is 1. The number of rotatable bonds is 3. The Morgan fingerprint density at radius 2 is 2.12 bits per heavy atom. The maximum absolute atomic E-state index is 5.87. The molecular weight excluding hydrogens is 220 g/mol. The van der Waals surface area contributed by atoms with E-state index in [1.54, 1.807) is 7.11 Å². The highest BCUT2D eigenvalue weighted by Gasteiger charge is 2.07. The van der Waals surface area contributed by atoms with Crippen molar-refractivity contribution in [3.63, 3.8) is 0 Å². The lowest BCUT2D eigenvalue weighted by molar-refractivity contribution is 0.416. The van der Waals surface area contributed by atoms with Crippen LogP contribution in [0.1, 0.15) is 11.1 Å². The highest BCUT2D eigenvalue weighted by molar-refractivity contribution is 6.17. The third-order valence-electron chi connectivity index (χ3n) is 2.66. The molecule has 0 saturated heterocycles. The summed E-state index contributed by atoms with van der Waals surface area (Å²) in [4.78, 5) is 0. The summed E-state index contributed by atoms with van der Waals surface area (Å²) < 4.78 is 5.41. The Bertz CT molecular complexity index is 531. The van der Waals surface area contributed by atoms with Gasteiger partial charge in [0.2, 0.25) is 0 Å². The van der Waals surface area contributed by atoms with Crippen LogP contribution in [0.3, 0.4) is 0 Å². The van der Waals surface area contributed by atoms with E-state index in [2.05, 4.69) is 18.7 Å². The fraction of sp³-hybridized carbons (Fsp3) is 0.143. The van der Waals surface area contributed by atoms with Gasteiger partial charge in [-0.25, -0.2) is 0 Å². The minimum Gasteiger partial charge on any atom is -0.496 e. The van der Waals surface area contributed by atoms with Gasteiger partial charge in [0, 0.05) is 10.9 Å². The van der Waals surface area contributed by atoms with Crippen molar-refractivity contribution in [1.82, 2.24) is 0 Å². The molecule has 0 atom stereocenters. The van der Waals surface area contributed by atoms with Gasteiger partial charge < -0.3 is 4.74 Å². The Balaban J connectivity index is 2.73. The Labute approximate surface area is 100 Å². The van der Waals surface area contributed by atoms with Crippen LogP contribution in [0.25, 0.3) is 16.8 Å². The SMILES string of the molecule is C=Cc1ccc2c(OC)c(CCl)ccc2c1. The van der Waals surface area contributed by atoms with Gasteiger partial charge >= 0.3 is 0 Å². The predicted octanol–water partition coefficient (Wildman–Crippen LogP) is 4.23. The summed E-state index contributed by atoms with van der Waals surface area (Å²) in [6.07, 6.45) is 1.83. The average molecular weight is 233 g/mol. The lowest BCUT2D eigenvalue weighted by Crippen LogP contribution is -1.91. The summed E-state index contributed by atoms with van der Waals surface area (Å²) in [6.45, 7) is 3.76.